The molecular formula is C9H21NO3. The van der Waals surface area contributed by atoms with Gasteiger partial charge in [0.1, 0.15) is 0 Å². The van der Waals surface area contributed by atoms with E-state index in [4.69, 9.17) is 9.84 Å². The van der Waals surface area contributed by atoms with Crippen molar-refractivity contribution in [3.63, 3.8) is 0 Å². The summed E-state index contributed by atoms with van der Waals surface area (Å²) in [5.41, 5.74) is -0.759. The summed E-state index contributed by atoms with van der Waals surface area (Å²) in [7, 11) is 1.61. The van der Waals surface area contributed by atoms with Crippen LogP contribution in [0.15, 0.2) is 0 Å². The molecule has 0 bridgehead atoms. The van der Waals surface area contributed by atoms with Crippen LogP contribution in [0.25, 0.3) is 0 Å². The predicted molar refractivity (Wildman–Crippen MR) is 51.7 cm³/mol. The molecule has 0 saturated carbocycles. The van der Waals surface area contributed by atoms with E-state index in [0.29, 0.717) is 26.1 Å². The summed E-state index contributed by atoms with van der Waals surface area (Å²) in [6.45, 7) is 4.98. The van der Waals surface area contributed by atoms with E-state index in [2.05, 4.69) is 5.32 Å². The van der Waals surface area contributed by atoms with Gasteiger partial charge in [-0.15, -0.1) is 0 Å². The van der Waals surface area contributed by atoms with Crippen LogP contribution in [-0.2, 0) is 4.74 Å². The van der Waals surface area contributed by atoms with Gasteiger partial charge in [0.05, 0.1) is 11.7 Å². The van der Waals surface area contributed by atoms with Crippen molar-refractivity contribution < 1.29 is 14.9 Å². The first-order valence-corrected chi connectivity index (χ1v) is 4.58. The number of aliphatic hydroxyl groups is 2. The molecule has 2 unspecified atom stereocenters. The van der Waals surface area contributed by atoms with E-state index in [9.17, 15) is 5.11 Å². The van der Waals surface area contributed by atoms with E-state index in [0.717, 1.165) is 0 Å². The van der Waals surface area contributed by atoms with Gasteiger partial charge in [0, 0.05) is 33.2 Å². The molecule has 0 amide bonds. The Bertz CT molecular complexity index is 126. The predicted octanol–water partition coefficient (Wildman–Crippen LogP) is -0.256. The topological polar surface area (TPSA) is 61.7 Å². The van der Waals surface area contributed by atoms with Gasteiger partial charge in [-0.1, -0.05) is 0 Å². The molecule has 0 aromatic heterocycles. The monoisotopic (exact) mass is 191 g/mol. The Labute approximate surface area is 79.9 Å². The van der Waals surface area contributed by atoms with E-state index in [1.54, 1.807) is 21.0 Å². The highest BCUT2D eigenvalue weighted by Crippen LogP contribution is 2.07. The Morgan fingerprint density at radius 1 is 1.54 bits per heavy atom. The van der Waals surface area contributed by atoms with Gasteiger partial charge < -0.3 is 20.3 Å². The van der Waals surface area contributed by atoms with Crippen LogP contribution < -0.4 is 5.32 Å². The van der Waals surface area contributed by atoms with Crippen molar-refractivity contribution >= 4 is 0 Å². The zero-order valence-corrected chi connectivity index (χ0v) is 8.71. The van der Waals surface area contributed by atoms with E-state index >= 15 is 0 Å². The maximum Gasteiger partial charge on any atom is 0.0765 e. The third kappa shape index (κ3) is 8.18. The molecule has 0 fully saturated rings. The van der Waals surface area contributed by atoms with Gasteiger partial charge >= 0.3 is 0 Å². The van der Waals surface area contributed by atoms with Crippen LogP contribution >= 0.6 is 0 Å². The Kier molecular flexibility index (Phi) is 6.24. The average Bonchev–Trinajstić information content (AvgIpc) is 2.00. The molecule has 4 nitrogen and oxygen atoms in total. The molecule has 0 heterocycles. The minimum atomic E-state index is -0.759. The lowest BCUT2D eigenvalue weighted by atomic mass is 10.0. The van der Waals surface area contributed by atoms with E-state index in [1.165, 1.54) is 0 Å². The third-order valence-electron chi connectivity index (χ3n) is 1.79. The highest BCUT2D eigenvalue weighted by atomic mass is 16.5. The van der Waals surface area contributed by atoms with Crippen molar-refractivity contribution in [2.45, 2.75) is 32.0 Å². The second-order valence-corrected chi connectivity index (χ2v) is 3.72. The molecule has 0 aliphatic heterocycles. The van der Waals surface area contributed by atoms with Crippen LogP contribution in [0.1, 0.15) is 20.3 Å². The fourth-order valence-corrected chi connectivity index (χ4v) is 0.961. The van der Waals surface area contributed by atoms with Gasteiger partial charge in [0.15, 0.2) is 0 Å². The van der Waals surface area contributed by atoms with Gasteiger partial charge in [-0.05, 0) is 13.8 Å². The molecule has 0 aliphatic rings. The molecule has 3 N–H and O–H groups in total. The van der Waals surface area contributed by atoms with Gasteiger partial charge in [0.2, 0.25) is 0 Å². The largest absolute Gasteiger partial charge is 0.392 e. The molecule has 0 rings (SSSR count). The maximum absolute atomic E-state index is 9.73. The first-order chi connectivity index (χ1) is 5.98. The molecule has 0 radical (unpaired) electrons. The summed E-state index contributed by atoms with van der Waals surface area (Å²) in [6.07, 6.45) is 0.217. The zero-order valence-electron chi connectivity index (χ0n) is 8.71. The smallest absolute Gasteiger partial charge is 0.0765 e. The fourth-order valence-electron chi connectivity index (χ4n) is 0.961. The molecule has 0 aromatic rings. The Hall–Kier alpha value is -0.160. The van der Waals surface area contributed by atoms with Crippen molar-refractivity contribution in [3.8, 4) is 0 Å². The van der Waals surface area contributed by atoms with Gasteiger partial charge in [-0.25, -0.2) is 0 Å². The molecule has 80 valence electrons. The Morgan fingerprint density at radius 3 is 2.62 bits per heavy atom. The number of hydrogen-bond donors (Lipinski definition) is 3. The lowest BCUT2D eigenvalue weighted by molar-refractivity contribution is 0.0230. The molecule has 0 aromatic carbocycles. The van der Waals surface area contributed by atoms with E-state index in [1.807, 2.05) is 0 Å². The summed E-state index contributed by atoms with van der Waals surface area (Å²) in [5, 5.41) is 21.7. The lowest BCUT2D eigenvalue weighted by Crippen LogP contribution is -2.41. The number of methoxy groups -OCH3 is 1. The van der Waals surface area contributed by atoms with Gasteiger partial charge in [-0.3, -0.25) is 0 Å². The molecule has 13 heavy (non-hydrogen) atoms. The van der Waals surface area contributed by atoms with Crippen LogP contribution in [0.2, 0.25) is 0 Å². The van der Waals surface area contributed by atoms with Crippen LogP contribution in [0, 0.1) is 0 Å². The maximum atomic E-state index is 9.73. The SMILES string of the molecule is COCCC(C)(O)CNCC(C)O. The van der Waals surface area contributed by atoms with Crippen molar-refractivity contribution in [2.24, 2.45) is 0 Å². The summed E-state index contributed by atoms with van der Waals surface area (Å²) < 4.78 is 4.87. The molecule has 2 atom stereocenters. The number of hydrogen-bond acceptors (Lipinski definition) is 4. The minimum Gasteiger partial charge on any atom is -0.392 e. The number of ether oxygens (including phenoxy) is 1. The van der Waals surface area contributed by atoms with Crippen LogP contribution in [0.4, 0.5) is 0 Å². The number of rotatable bonds is 7. The van der Waals surface area contributed by atoms with Crippen molar-refractivity contribution in [1.82, 2.24) is 5.32 Å². The summed E-state index contributed by atoms with van der Waals surface area (Å²) >= 11 is 0. The van der Waals surface area contributed by atoms with E-state index < -0.39 is 5.60 Å². The minimum absolute atomic E-state index is 0.377. The average molecular weight is 191 g/mol. The molecule has 0 spiro atoms. The Balaban J connectivity index is 3.50. The standard InChI is InChI=1S/C9H21NO3/c1-8(11)6-10-7-9(2,12)4-5-13-3/h8,10-12H,4-7H2,1-3H3. The number of aliphatic hydroxyl groups excluding tert-OH is 1. The number of nitrogens with one attached hydrogen (secondary N) is 1. The molecular weight excluding hydrogens is 170 g/mol. The second-order valence-electron chi connectivity index (χ2n) is 3.72. The second kappa shape index (κ2) is 6.32. The third-order valence-corrected chi connectivity index (χ3v) is 1.79. The first kappa shape index (κ1) is 12.8. The van der Waals surface area contributed by atoms with Crippen molar-refractivity contribution in [2.75, 3.05) is 26.8 Å². The fraction of sp³-hybridized carbons (Fsp3) is 1.00. The van der Waals surface area contributed by atoms with Gasteiger partial charge in [-0.2, -0.15) is 0 Å². The molecule has 0 saturated heterocycles. The van der Waals surface area contributed by atoms with Crippen molar-refractivity contribution in [1.29, 1.82) is 0 Å². The van der Waals surface area contributed by atoms with Crippen LogP contribution in [0.3, 0.4) is 0 Å². The van der Waals surface area contributed by atoms with Gasteiger partial charge in [0.25, 0.3) is 0 Å². The van der Waals surface area contributed by atoms with Crippen molar-refractivity contribution in [3.05, 3.63) is 0 Å². The first-order valence-electron chi connectivity index (χ1n) is 4.58. The molecule has 4 heteroatoms. The zero-order chi connectivity index (χ0) is 10.3. The normalized spacial score (nSPS) is 18.2. The van der Waals surface area contributed by atoms with E-state index in [-0.39, 0.29) is 6.10 Å². The summed E-state index contributed by atoms with van der Waals surface area (Å²) in [6, 6.07) is 0. The highest BCUT2D eigenvalue weighted by Gasteiger charge is 2.19. The Morgan fingerprint density at radius 2 is 2.15 bits per heavy atom. The lowest BCUT2D eigenvalue weighted by Gasteiger charge is -2.23. The summed E-state index contributed by atoms with van der Waals surface area (Å²) in [4.78, 5) is 0. The summed E-state index contributed by atoms with van der Waals surface area (Å²) in [5.74, 6) is 0. The quantitative estimate of drug-likeness (QED) is 0.519. The highest BCUT2D eigenvalue weighted by molar-refractivity contribution is 4.75. The molecule has 0 aliphatic carbocycles. The van der Waals surface area contributed by atoms with Crippen LogP contribution in [0.5, 0.6) is 0 Å². The van der Waals surface area contributed by atoms with Crippen LogP contribution in [-0.4, -0.2) is 48.7 Å².